The lowest BCUT2D eigenvalue weighted by Crippen LogP contribution is -2.44. The first kappa shape index (κ1) is 20.2. The van der Waals surface area contributed by atoms with Gasteiger partial charge in [0.2, 0.25) is 0 Å². The number of hydrogen-bond acceptors (Lipinski definition) is 4. The zero-order valence-electron chi connectivity index (χ0n) is 16.2. The smallest absolute Gasteiger partial charge is 0.255 e. The van der Waals surface area contributed by atoms with E-state index in [4.69, 9.17) is 0 Å². The number of anilines is 1. The second-order valence-electron chi connectivity index (χ2n) is 7.18. The Morgan fingerprint density at radius 3 is 2.39 bits per heavy atom. The number of rotatable bonds is 7. The largest absolute Gasteiger partial charge is 0.321 e. The molecule has 1 fully saturated rings. The van der Waals surface area contributed by atoms with E-state index in [0.717, 1.165) is 39.1 Å². The molecular formula is C22H26FN3O2. The van der Waals surface area contributed by atoms with Crippen molar-refractivity contribution in [1.29, 1.82) is 0 Å². The van der Waals surface area contributed by atoms with E-state index in [-0.39, 0.29) is 11.7 Å². The molecule has 0 atom stereocenters. The molecule has 0 bridgehead atoms. The Balaban J connectivity index is 1.57. The highest BCUT2D eigenvalue weighted by Gasteiger charge is 2.16. The van der Waals surface area contributed by atoms with E-state index in [0.29, 0.717) is 23.2 Å². The van der Waals surface area contributed by atoms with Gasteiger partial charge < -0.3 is 15.1 Å². The van der Waals surface area contributed by atoms with Crippen LogP contribution < -0.4 is 5.32 Å². The molecule has 1 amide bonds. The second-order valence-corrected chi connectivity index (χ2v) is 7.18. The van der Waals surface area contributed by atoms with Crippen LogP contribution in [0.25, 0.3) is 0 Å². The first-order valence-electron chi connectivity index (χ1n) is 9.63. The number of Topliss-reactive ketones (excluding diaryl/α,β-unsaturated/α-hetero) is 1. The van der Waals surface area contributed by atoms with Gasteiger partial charge in [-0.25, -0.2) is 4.39 Å². The average Bonchev–Trinajstić information content (AvgIpc) is 2.70. The van der Waals surface area contributed by atoms with Gasteiger partial charge in [0.25, 0.3) is 5.91 Å². The Kier molecular flexibility index (Phi) is 6.90. The standard InChI is InChI=1S/C22H26FN3O2/c1-25-13-15-26(16-14-25)12-4-7-21(27)19-5-2-3-6-20(19)24-22(28)17-8-10-18(23)11-9-17/h2-3,5-6,8-11H,4,7,12-16H2,1H3,(H,24,28). The van der Waals surface area contributed by atoms with Crippen molar-refractivity contribution in [3.8, 4) is 0 Å². The summed E-state index contributed by atoms with van der Waals surface area (Å²) in [5.74, 6) is -0.741. The molecule has 0 aliphatic carbocycles. The van der Waals surface area contributed by atoms with Crippen LogP contribution >= 0.6 is 0 Å². The zero-order valence-corrected chi connectivity index (χ0v) is 16.2. The van der Waals surface area contributed by atoms with Crippen molar-refractivity contribution in [2.24, 2.45) is 0 Å². The highest BCUT2D eigenvalue weighted by atomic mass is 19.1. The van der Waals surface area contributed by atoms with Crippen molar-refractivity contribution in [3.05, 3.63) is 65.5 Å². The highest BCUT2D eigenvalue weighted by molar-refractivity contribution is 6.09. The van der Waals surface area contributed by atoms with Gasteiger partial charge in [-0.2, -0.15) is 0 Å². The minimum absolute atomic E-state index is 0.0177. The SMILES string of the molecule is CN1CCN(CCCC(=O)c2ccccc2NC(=O)c2ccc(F)cc2)CC1. The number of hydrogen-bond donors (Lipinski definition) is 1. The summed E-state index contributed by atoms with van der Waals surface area (Å²) >= 11 is 0. The Morgan fingerprint density at radius 2 is 1.68 bits per heavy atom. The molecule has 0 unspecified atom stereocenters. The van der Waals surface area contributed by atoms with Gasteiger partial charge in [-0.1, -0.05) is 12.1 Å². The maximum atomic E-state index is 13.0. The predicted molar refractivity (Wildman–Crippen MR) is 108 cm³/mol. The van der Waals surface area contributed by atoms with E-state index in [1.54, 1.807) is 24.3 Å². The maximum absolute atomic E-state index is 13.0. The number of nitrogens with one attached hydrogen (secondary N) is 1. The number of amides is 1. The third kappa shape index (κ3) is 5.47. The monoisotopic (exact) mass is 383 g/mol. The lowest BCUT2D eigenvalue weighted by molar-refractivity contribution is 0.0968. The van der Waals surface area contributed by atoms with Gasteiger partial charge in [-0.05, 0) is 56.4 Å². The van der Waals surface area contributed by atoms with Crippen LogP contribution in [0.1, 0.15) is 33.6 Å². The van der Waals surface area contributed by atoms with Crippen molar-refractivity contribution in [3.63, 3.8) is 0 Å². The van der Waals surface area contributed by atoms with Crippen LogP contribution in [0, 0.1) is 5.82 Å². The molecule has 3 rings (SSSR count). The van der Waals surface area contributed by atoms with Gasteiger partial charge >= 0.3 is 0 Å². The lowest BCUT2D eigenvalue weighted by atomic mass is 10.0. The molecule has 6 heteroatoms. The summed E-state index contributed by atoms with van der Waals surface area (Å²) in [6.07, 6.45) is 1.23. The third-order valence-corrected chi connectivity index (χ3v) is 5.06. The molecule has 1 aliphatic rings. The fourth-order valence-corrected chi connectivity index (χ4v) is 3.30. The molecule has 1 saturated heterocycles. The Labute approximate surface area is 165 Å². The van der Waals surface area contributed by atoms with Crippen molar-refractivity contribution in [1.82, 2.24) is 9.80 Å². The van der Waals surface area contributed by atoms with E-state index in [9.17, 15) is 14.0 Å². The number of halogens is 1. The summed E-state index contributed by atoms with van der Waals surface area (Å²) in [5, 5.41) is 2.77. The molecule has 148 valence electrons. The molecule has 0 spiro atoms. The molecule has 1 aliphatic heterocycles. The van der Waals surface area contributed by atoms with E-state index in [1.807, 2.05) is 0 Å². The molecule has 2 aromatic carbocycles. The van der Waals surface area contributed by atoms with Crippen LogP contribution in [0.3, 0.4) is 0 Å². The van der Waals surface area contributed by atoms with Gasteiger partial charge in [-0.3, -0.25) is 9.59 Å². The number of benzene rings is 2. The number of carbonyl (C=O) groups is 2. The summed E-state index contributed by atoms with van der Waals surface area (Å²) in [4.78, 5) is 29.8. The summed E-state index contributed by atoms with van der Waals surface area (Å²) in [5.41, 5.74) is 1.34. The summed E-state index contributed by atoms with van der Waals surface area (Å²) in [7, 11) is 2.12. The molecule has 0 aromatic heterocycles. The molecular weight excluding hydrogens is 357 g/mol. The van der Waals surface area contributed by atoms with Crippen molar-refractivity contribution < 1.29 is 14.0 Å². The molecule has 0 radical (unpaired) electrons. The fourth-order valence-electron chi connectivity index (χ4n) is 3.30. The van der Waals surface area contributed by atoms with Crippen molar-refractivity contribution in [2.75, 3.05) is 45.1 Å². The molecule has 1 heterocycles. The molecule has 1 N–H and O–H groups in total. The number of para-hydroxylation sites is 1. The van der Waals surface area contributed by atoms with Crippen LogP contribution in [0.15, 0.2) is 48.5 Å². The predicted octanol–water partition coefficient (Wildman–Crippen LogP) is 3.29. The van der Waals surface area contributed by atoms with E-state index in [2.05, 4.69) is 22.2 Å². The number of likely N-dealkylation sites (N-methyl/N-ethyl adjacent to an activating group) is 1. The van der Waals surface area contributed by atoms with Crippen LogP contribution in [-0.4, -0.2) is 61.3 Å². The van der Waals surface area contributed by atoms with Gasteiger partial charge in [0, 0.05) is 43.7 Å². The lowest BCUT2D eigenvalue weighted by Gasteiger charge is -2.32. The topological polar surface area (TPSA) is 52.6 Å². The zero-order chi connectivity index (χ0) is 19.9. The minimum Gasteiger partial charge on any atom is -0.321 e. The Bertz CT molecular complexity index is 815. The van der Waals surface area contributed by atoms with Gasteiger partial charge in [0.05, 0.1) is 5.69 Å². The fraction of sp³-hybridized carbons (Fsp3) is 0.364. The molecule has 0 saturated carbocycles. The first-order valence-corrected chi connectivity index (χ1v) is 9.63. The van der Waals surface area contributed by atoms with Gasteiger partial charge in [0.15, 0.2) is 5.78 Å². The highest BCUT2D eigenvalue weighted by Crippen LogP contribution is 2.19. The quantitative estimate of drug-likeness (QED) is 0.746. The Hall–Kier alpha value is -2.57. The van der Waals surface area contributed by atoms with Crippen LogP contribution in [0.2, 0.25) is 0 Å². The van der Waals surface area contributed by atoms with Crippen molar-refractivity contribution >= 4 is 17.4 Å². The van der Waals surface area contributed by atoms with Crippen LogP contribution in [-0.2, 0) is 0 Å². The summed E-state index contributed by atoms with van der Waals surface area (Å²) in [6.45, 7) is 5.10. The molecule has 5 nitrogen and oxygen atoms in total. The molecule has 28 heavy (non-hydrogen) atoms. The van der Waals surface area contributed by atoms with E-state index >= 15 is 0 Å². The second kappa shape index (κ2) is 9.57. The van der Waals surface area contributed by atoms with E-state index in [1.165, 1.54) is 24.3 Å². The first-order chi connectivity index (χ1) is 13.5. The molecule has 2 aromatic rings. The van der Waals surface area contributed by atoms with E-state index < -0.39 is 5.82 Å². The minimum atomic E-state index is -0.396. The summed E-state index contributed by atoms with van der Waals surface area (Å²) < 4.78 is 13.0. The average molecular weight is 383 g/mol. The van der Waals surface area contributed by atoms with Gasteiger partial charge in [-0.15, -0.1) is 0 Å². The van der Waals surface area contributed by atoms with Crippen LogP contribution in [0.4, 0.5) is 10.1 Å². The number of piperazine rings is 1. The third-order valence-electron chi connectivity index (χ3n) is 5.06. The van der Waals surface area contributed by atoms with Crippen LogP contribution in [0.5, 0.6) is 0 Å². The number of carbonyl (C=O) groups excluding carboxylic acids is 2. The number of ketones is 1. The summed E-state index contributed by atoms with van der Waals surface area (Å²) in [6, 6.07) is 12.3. The number of nitrogens with zero attached hydrogens (tertiary/aromatic N) is 2. The normalized spacial score (nSPS) is 15.4. The van der Waals surface area contributed by atoms with Crippen molar-refractivity contribution in [2.45, 2.75) is 12.8 Å². The Morgan fingerprint density at radius 1 is 1.00 bits per heavy atom. The van der Waals surface area contributed by atoms with Gasteiger partial charge in [0.1, 0.15) is 5.82 Å². The maximum Gasteiger partial charge on any atom is 0.255 e.